The minimum Gasteiger partial charge on any atom is -0.356 e. The first-order valence-electron chi connectivity index (χ1n) is 9.58. The van der Waals surface area contributed by atoms with E-state index in [2.05, 4.69) is 46.8 Å². The zero-order chi connectivity index (χ0) is 19.2. The van der Waals surface area contributed by atoms with Crippen LogP contribution in [-0.2, 0) is 4.74 Å². The Hall–Kier alpha value is -1.87. The summed E-state index contributed by atoms with van der Waals surface area (Å²) < 4.78 is 5.98. The van der Waals surface area contributed by atoms with Crippen LogP contribution < -0.4 is 0 Å². The fourth-order valence-electron chi connectivity index (χ4n) is 3.30. The number of rotatable bonds is 7. The van der Waals surface area contributed by atoms with Crippen LogP contribution in [-0.4, -0.2) is 30.2 Å². The number of benzene rings is 1. The van der Waals surface area contributed by atoms with Gasteiger partial charge in [0.2, 0.25) is 0 Å². The van der Waals surface area contributed by atoms with Crippen molar-refractivity contribution in [3.05, 3.63) is 59.2 Å². The van der Waals surface area contributed by atoms with Gasteiger partial charge in [0.15, 0.2) is 0 Å². The molecule has 3 heteroatoms. The molecule has 1 aliphatic heterocycles. The van der Waals surface area contributed by atoms with E-state index in [1.807, 2.05) is 35.2 Å². The molecule has 0 unspecified atom stereocenters. The monoisotopic (exact) mass is 355 g/mol. The Bertz CT molecular complexity index is 654. The van der Waals surface area contributed by atoms with E-state index in [0.29, 0.717) is 13.2 Å². The Morgan fingerprint density at radius 3 is 2.54 bits per heavy atom. The second kappa shape index (κ2) is 9.18. The fourth-order valence-corrected chi connectivity index (χ4v) is 3.30. The molecule has 2 rings (SSSR count). The SMILES string of the molecule is CC(C)=CCC/C(C)=C/CC(C)(C)[C@H]1OCCN1C(=O)c1ccccc1. The van der Waals surface area contributed by atoms with Gasteiger partial charge in [-0.2, -0.15) is 0 Å². The van der Waals surface area contributed by atoms with Gasteiger partial charge in [-0.15, -0.1) is 0 Å². The highest BCUT2D eigenvalue weighted by atomic mass is 16.5. The van der Waals surface area contributed by atoms with Crippen LogP contribution in [0.25, 0.3) is 0 Å². The number of allylic oxidation sites excluding steroid dienone is 4. The van der Waals surface area contributed by atoms with Crippen molar-refractivity contribution in [1.29, 1.82) is 0 Å². The molecule has 1 heterocycles. The lowest BCUT2D eigenvalue weighted by atomic mass is 9.85. The van der Waals surface area contributed by atoms with Crippen molar-refractivity contribution in [2.75, 3.05) is 13.2 Å². The maximum absolute atomic E-state index is 12.9. The lowest BCUT2D eigenvalue weighted by Crippen LogP contribution is -2.45. The minimum absolute atomic E-state index is 0.0606. The molecule has 0 spiro atoms. The van der Waals surface area contributed by atoms with E-state index in [0.717, 1.165) is 24.8 Å². The van der Waals surface area contributed by atoms with Gasteiger partial charge in [0.05, 0.1) is 6.61 Å². The average Bonchev–Trinajstić information content (AvgIpc) is 3.10. The van der Waals surface area contributed by atoms with E-state index in [-0.39, 0.29) is 17.6 Å². The standard InChI is InChI=1S/C23H33NO2/c1-18(2)10-9-11-19(3)14-15-23(4,5)22-24(16-17-26-22)21(25)20-12-7-6-8-13-20/h6-8,10,12-14,22H,9,11,15-17H2,1-5H3/b19-14+/t22-/m1/s1. The smallest absolute Gasteiger partial charge is 0.255 e. The number of hydrogen-bond acceptors (Lipinski definition) is 2. The van der Waals surface area contributed by atoms with E-state index in [9.17, 15) is 4.79 Å². The maximum Gasteiger partial charge on any atom is 0.255 e. The summed E-state index contributed by atoms with van der Waals surface area (Å²) >= 11 is 0. The molecular formula is C23H33NO2. The van der Waals surface area contributed by atoms with Crippen LogP contribution >= 0.6 is 0 Å². The van der Waals surface area contributed by atoms with Gasteiger partial charge in [0.25, 0.3) is 5.91 Å². The summed E-state index contributed by atoms with van der Waals surface area (Å²) in [5.41, 5.74) is 3.37. The average molecular weight is 356 g/mol. The van der Waals surface area contributed by atoms with E-state index < -0.39 is 0 Å². The molecule has 26 heavy (non-hydrogen) atoms. The van der Waals surface area contributed by atoms with Gasteiger partial charge in [-0.1, -0.05) is 55.3 Å². The number of amides is 1. The van der Waals surface area contributed by atoms with Gasteiger partial charge in [-0.05, 0) is 52.2 Å². The molecule has 142 valence electrons. The second-order valence-corrected chi connectivity index (χ2v) is 8.15. The summed E-state index contributed by atoms with van der Waals surface area (Å²) in [4.78, 5) is 14.8. The zero-order valence-corrected chi connectivity index (χ0v) is 16.9. The fraction of sp³-hybridized carbons (Fsp3) is 0.522. The van der Waals surface area contributed by atoms with Crippen molar-refractivity contribution >= 4 is 5.91 Å². The molecule has 0 aromatic heterocycles. The maximum atomic E-state index is 12.9. The third kappa shape index (κ3) is 5.57. The molecule has 0 saturated carbocycles. The van der Waals surface area contributed by atoms with Crippen LogP contribution in [0.1, 0.15) is 64.2 Å². The molecule has 1 aromatic rings. The largest absolute Gasteiger partial charge is 0.356 e. The topological polar surface area (TPSA) is 29.5 Å². The predicted octanol–water partition coefficient (Wildman–Crippen LogP) is 5.59. The van der Waals surface area contributed by atoms with Gasteiger partial charge in [-0.3, -0.25) is 4.79 Å². The Balaban J connectivity index is 2.02. The summed E-state index contributed by atoms with van der Waals surface area (Å²) in [6.45, 7) is 12.1. The van der Waals surface area contributed by atoms with E-state index in [4.69, 9.17) is 4.74 Å². The van der Waals surface area contributed by atoms with Crippen molar-refractivity contribution in [2.45, 2.75) is 60.1 Å². The molecule has 0 aliphatic carbocycles. The summed E-state index contributed by atoms with van der Waals surface area (Å²) in [7, 11) is 0. The van der Waals surface area contributed by atoms with Crippen LogP contribution in [0, 0.1) is 5.41 Å². The summed E-state index contributed by atoms with van der Waals surface area (Å²) in [5.74, 6) is 0.0606. The summed E-state index contributed by atoms with van der Waals surface area (Å²) in [6.07, 6.45) is 7.48. The Labute approximate surface area is 158 Å². The third-order valence-corrected chi connectivity index (χ3v) is 4.91. The van der Waals surface area contributed by atoms with Crippen LogP contribution in [0.2, 0.25) is 0 Å². The number of ether oxygens (including phenoxy) is 1. The molecule has 1 aliphatic rings. The summed E-state index contributed by atoms with van der Waals surface area (Å²) in [5, 5.41) is 0. The highest BCUT2D eigenvalue weighted by Gasteiger charge is 2.40. The van der Waals surface area contributed by atoms with Gasteiger partial charge < -0.3 is 9.64 Å². The number of nitrogens with zero attached hydrogens (tertiary/aromatic N) is 1. The van der Waals surface area contributed by atoms with Crippen molar-refractivity contribution < 1.29 is 9.53 Å². The molecule has 0 N–H and O–H groups in total. The van der Waals surface area contributed by atoms with Gasteiger partial charge in [0.1, 0.15) is 6.23 Å². The molecule has 1 fully saturated rings. The lowest BCUT2D eigenvalue weighted by molar-refractivity contribution is -0.0425. The number of carbonyl (C=O) groups is 1. The zero-order valence-electron chi connectivity index (χ0n) is 16.9. The predicted molar refractivity (Wildman–Crippen MR) is 108 cm³/mol. The first kappa shape index (κ1) is 20.4. The third-order valence-electron chi connectivity index (χ3n) is 4.91. The van der Waals surface area contributed by atoms with Gasteiger partial charge in [0, 0.05) is 17.5 Å². The van der Waals surface area contributed by atoms with Crippen molar-refractivity contribution in [1.82, 2.24) is 4.90 Å². The van der Waals surface area contributed by atoms with Gasteiger partial charge >= 0.3 is 0 Å². The molecule has 0 bridgehead atoms. The number of hydrogen-bond donors (Lipinski definition) is 0. The molecule has 1 amide bonds. The molecule has 3 nitrogen and oxygen atoms in total. The number of carbonyl (C=O) groups excluding carboxylic acids is 1. The van der Waals surface area contributed by atoms with E-state index in [1.165, 1.54) is 11.1 Å². The molecule has 1 saturated heterocycles. The van der Waals surface area contributed by atoms with E-state index in [1.54, 1.807) is 0 Å². The second-order valence-electron chi connectivity index (χ2n) is 8.15. The van der Waals surface area contributed by atoms with Crippen molar-refractivity contribution in [3.8, 4) is 0 Å². The van der Waals surface area contributed by atoms with Crippen LogP contribution in [0.5, 0.6) is 0 Å². The quantitative estimate of drug-likeness (QED) is 0.596. The van der Waals surface area contributed by atoms with Crippen LogP contribution in [0.4, 0.5) is 0 Å². The van der Waals surface area contributed by atoms with Crippen molar-refractivity contribution in [3.63, 3.8) is 0 Å². The highest BCUT2D eigenvalue weighted by molar-refractivity contribution is 5.94. The lowest BCUT2D eigenvalue weighted by Gasteiger charge is -2.36. The van der Waals surface area contributed by atoms with Crippen LogP contribution in [0.15, 0.2) is 53.6 Å². The molecular weight excluding hydrogens is 322 g/mol. The highest BCUT2D eigenvalue weighted by Crippen LogP contribution is 2.34. The summed E-state index contributed by atoms with van der Waals surface area (Å²) in [6, 6.07) is 9.49. The van der Waals surface area contributed by atoms with Crippen molar-refractivity contribution in [2.24, 2.45) is 5.41 Å². The molecule has 1 aromatic carbocycles. The minimum atomic E-state index is -0.183. The Kier molecular flexibility index (Phi) is 7.22. The molecule has 0 radical (unpaired) electrons. The first-order chi connectivity index (χ1) is 12.3. The van der Waals surface area contributed by atoms with E-state index >= 15 is 0 Å². The molecule has 1 atom stereocenters. The normalized spacial score (nSPS) is 18.1. The van der Waals surface area contributed by atoms with Crippen LogP contribution in [0.3, 0.4) is 0 Å². The van der Waals surface area contributed by atoms with Gasteiger partial charge in [-0.25, -0.2) is 0 Å². The Morgan fingerprint density at radius 2 is 1.88 bits per heavy atom. The first-order valence-corrected chi connectivity index (χ1v) is 9.58. The Morgan fingerprint density at radius 1 is 1.19 bits per heavy atom.